The summed E-state index contributed by atoms with van der Waals surface area (Å²) in [5.74, 6) is -1.02. The summed E-state index contributed by atoms with van der Waals surface area (Å²) in [5, 5.41) is 28.2. The SMILES string of the molecule is Cc1cccc2c(-c3nc4c(c(C)nn4C)c(-c4cccc5cccc(C(=O)O)c45)c3C#N)c[nH]c12. The van der Waals surface area contributed by atoms with Crippen LogP contribution < -0.4 is 0 Å². The number of aromatic amines is 1. The van der Waals surface area contributed by atoms with Gasteiger partial charge in [0.15, 0.2) is 5.65 Å². The van der Waals surface area contributed by atoms with Gasteiger partial charge in [-0.25, -0.2) is 9.78 Å². The number of nitriles is 1. The minimum absolute atomic E-state index is 0.183. The molecule has 0 fully saturated rings. The molecule has 0 unspecified atom stereocenters. The van der Waals surface area contributed by atoms with Gasteiger partial charge < -0.3 is 10.1 Å². The normalized spacial score (nSPS) is 11.4. The molecular formula is C29H21N5O2. The smallest absolute Gasteiger partial charge is 0.336 e. The highest BCUT2D eigenvalue weighted by Crippen LogP contribution is 2.43. The van der Waals surface area contributed by atoms with Crippen LogP contribution in [0.25, 0.3) is 55.1 Å². The van der Waals surface area contributed by atoms with Crippen molar-refractivity contribution in [3.8, 4) is 28.5 Å². The molecule has 0 radical (unpaired) electrons. The molecule has 0 aliphatic rings. The van der Waals surface area contributed by atoms with Gasteiger partial charge >= 0.3 is 5.97 Å². The van der Waals surface area contributed by atoms with E-state index in [4.69, 9.17) is 4.98 Å². The van der Waals surface area contributed by atoms with E-state index in [1.54, 1.807) is 16.8 Å². The number of hydrogen-bond donors (Lipinski definition) is 2. The van der Waals surface area contributed by atoms with Crippen LogP contribution >= 0.6 is 0 Å². The lowest BCUT2D eigenvalue weighted by atomic mass is 9.88. The lowest BCUT2D eigenvalue weighted by molar-refractivity contribution is 0.0699. The van der Waals surface area contributed by atoms with E-state index in [0.717, 1.165) is 38.5 Å². The highest BCUT2D eigenvalue weighted by molar-refractivity contribution is 6.15. The summed E-state index contributed by atoms with van der Waals surface area (Å²) < 4.78 is 1.71. The van der Waals surface area contributed by atoms with Crippen LogP contribution in [0.2, 0.25) is 0 Å². The van der Waals surface area contributed by atoms with Crippen molar-refractivity contribution in [3.05, 3.63) is 83.2 Å². The van der Waals surface area contributed by atoms with Crippen molar-refractivity contribution in [3.63, 3.8) is 0 Å². The first-order valence-corrected chi connectivity index (χ1v) is 11.5. The van der Waals surface area contributed by atoms with Crippen LogP contribution in [-0.2, 0) is 7.05 Å². The summed E-state index contributed by atoms with van der Waals surface area (Å²) in [4.78, 5) is 20.5. The number of benzene rings is 3. The number of fused-ring (bicyclic) bond motifs is 3. The molecule has 174 valence electrons. The largest absolute Gasteiger partial charge is 0.478 e. The number of aromatic nitrogens is 4. The van der Waals surface area contributed by atoms with Crippen molar-refractivity contribution < 1.29 is 9.90 Å². The van der Waals surface area contributed by atoms with E-state index in [2.05, 4.69) is 16.2 Å². The highest BCUT2D eigenvalue weighted by atomic mass is 16.4. The molecule has 6 aromatic rings. The third-order valence-corrected chi connectivity index (χ3v) is 6.84. The fourth-order valence-electron chi connectivity index (χ4n) is 5.27. The van der Waals surface area contributed by atoms with Crippen molar-refractivity contribution in [2.75, 3.05) is 0 Å². The standard InChI is InChI=1S/C29H21N5O2/c1-15-7-4-10-18-22(14-31-26(15)18)27-21(13-30)25(23-16(2)33-34(3)28(23)32-27)19-11-5-8-17-9-6-12-20(24(17)19)29(35)36/h4-12,14,31H,1-3H3,(H,35,36). The van der Waals surface area contributed by atoms with Gasteiger partial charge in [0.05, 0.1) is 27.9 Å². The van der Waals surface area contributed by atoms with Gasteiger partial charge in [-0.15, -0.1) is 0 Å². The number of rotatable bonds is 3. The van der Waals surface area contributed by atoms with Crippen LogP contribution in [-0.4, -0.2) is 30.8 Å². The molecule has 3 heterocycles. The fraction of sp³-hybridized carbons (Fsp3) is 0.103. The molecule has 0 spiro atoms. The number of nitrogens with zero attached hydrogens (tertiary/aromatic N) is 4. The maximum Gasteiger partial charge on any atom is 0.336 e. The monoisotopic (exact) mass is 471 g/mol. The third kappa shape index (κ3) is 2.95. The zero-order valence-electron chi connectivity index (χ0n) is 19.9. The number of pyridine rings is 1. The van der Waals surface area contributed by atoms with E-state index >= 15 is 0 Å². The minimum atomic E-state index is -1.02. The Bertz CT molecular complexity index is 1920. The Labute approximate surface area is 206 Å². The molecule has 0 amide bonds. The van der Waals surface area contributed by atoms with Crippen LogP contribution in [0, 0.1) is 25.2 Å². The molecule has 0 aliphatic heterocycles. The van der Waals surface area contributed by atoms with E-state index in [1.165, 1.54) is 0 Å². The average molecular weight is 472 g/mol. The number of para-hydroxylation sites is 1. The molecule has 7 heteroatoms. The molecule has 3 aromatic heterocycles. The summed E-state index contributed by atoms with van der Waals surface area (Å²) in [5.41, 5.74) is 6.65. The summed E-state index contributed by atoms with van der Waals surface area (Å²) in [6.45, 7) is 3.91. The van der Waals surface area contributed by atoms with Gasteiger partial charge in [0, 0.05) is 40.7 Å². The van der Waals surface area contributed by atoms with Crippen LogP contribution in [0.3, 0.4) is 0 Å². The van der Waals surface area contributed by atoms with Crippen molar-refractivity contribution in [1.29, 1.82) is 5.26 Å². The Morgan fingerprint density at radius 1 is 1.03 bits per heavy atom. The zero-order valence-corrected chi connectivity index (χ0v) is 19.9. The molecule has 0 aliphatic carbocycles. The highest BCUT2D eigenvalue weighted by Gasteiger charge is 2.26. The van der Waals surface area contributed by atoms with Gasteiger partial charge in [0.2, 0.25) is 0 Å². The Balaban J connectivity index is 1.83. The van der Waals surface area contributed by atoms with Crippen molar-refractivity contribution in [1.82, 2.24) is 19.7 Å². The Morgan fingerprint density at radius 2 is 1.78 bits per heavy atom. The van der Waals surface area contributed by atoms with Crippen molar-refractivity contribution >= 4 is 38.7 Å². The Hall–Kier alpha value is -4.96. The molecule has 0 bridgehead atoms. The second kappa shape index (κ2) is 7.79. The van der Waals surface area contributed by atoms with Gasteiger partial charge in [0.1, 0.15) is 6.07 Å². The summed E-state index contributed by atoms with van der Waals surface area (Å²) >= 11 is 0. The van der Waals surface area contributed by atoms with Crippen LogP contribution in [0.15, 0.2) is 60.8 Å². The van der Waals surface area contributed by atoms with Crippen molar-refractivity contribution in [2.24, 2.45) is 7.05 Å². The molecule has 7 nitrogen and oxygen atoms in total. The number of hydrogen-bond acceptors (Lipinski definition) is 4. The lowest BCUT2D eigenvalue weighted by Crippen LogP contribution is -2.01. The summed E-state index contributed by atoms with van der Waals surface area (Å²) in [6.07, 6.45) is 1.88. The second-order valence-electron chi connectivity index (χ2n) is 8.94. The van der Waals surface area contributed by atoms with Crippen LogP contribution in [0.5, 0.6) is 0 Å². The molecule has 3 aromatic carbocycles. The van der Waals surface area contributed by atoms with Gasteiger partial charge in [-0.3, -0.25) is 4.68 Å². The molecule has 0 saturated heterocycles. The topological polar surface area (TPSA) is 108 Å². The van der Waals surface area contributed by atoms with Crippen LogP contribution in [0.1, 0.15) is 27.2 Å². The van der Waals surface area contributed by atoms with Gasteiger partial charge in [0.25, 0.3) is 0 Å². The number of aryl methyl sites for hydroxylation is 3. The lowest BCUT2D eigenvalue weighted by Gasteiger charge is -2.15. The number of carboxylic acids is 1. The summed E-state index contributed by atoms with van der Waals surface area (Å²) in [6, 6.07) is 19.3. The number of nitrogens with one attached hydrogen (secondary N) is 1. The number of H-pyrrole nitrogens is 1. The quantitative estimate of drug-likeness (QED) is 0.323. The Morgan fingerprint density at radius 3 is 2.53 bits per heavy atom. The van der Waals surface area contributed by atoms with E-state index in [1.807, 2.05) is 69.6 Å². The fourth-order valence-corrected chi connectivity index (χ4v) is 5.27. The minimum Gasteiger partial charge on any atom is -0.478 e. The predicted molar refractivity (Wildman–Crippen MR) is 140 cm³/mol. The van der Waals surface area contributed by atoms with Crippen molar-refractivity contribution in [2.45, 2.75) is 13.8 Å². The molecule has 36 heavy (non-hydrogen) atoms. The molecule has 2 N–H and O–H groups in total. The zero-order chi connectivity index (χ0) is 25.1. The van der Waals surface area contributed by atoms with E-state index in [-0.39, 0.29) is 5.56 Å². The second-order valence-corrected chi connectivity index (χ2v) is 8.94. The van der Waals surface area contributed by atoms with Gasteiger partial charge in [-0.2, -0.15) is 10.4 Å². The number of aromatic carboxylic acids is 1. The Kier molecular flexibility index (Phi) is 4.66. The predicted octanol–water partition coefficient (Wildman–Crippen LogP) is 6.12. The maximum atomic E-state index is 12.2. The van der Waals surface area contributed by atoms with Gasteiger partial charge in [-0.1, -0.05) is 48.5 Å². The molecule has 0 saturated carbocycles. The molecule has 6 rings (SSSR count). The third-order valence-electron chi connectivity index (χ3n) is 6.84. The summed E-state index contributed by atoms with van der Waals surface area (Å²) in [7, 11) is 1.83. The first-order valence-electron chi connectivity index (χ1n) is 11.5. The van der Waals surface area contributed by atoms with Gasteiger partial charge in [-0.05, 0) is 36.4 Å². The first kappa shape index (κ1) is 21.6. The number of carboxylic acid groups (broad SMARTS) is 1. The van der Waals surface area contributed by atoms with E-state index in [0.29, 0.717) is 33.4 Å². The molecule has 0 atom stereocenters. The van der Waals surface area contributed by atoms with E-state index in [9.17, 15) is 15.2 Å². The van der Waals surface area contributed by atoms with E-state index < -0.39 is 5.97 Å². The van der Waals surface area contributed by atoms with Crippen LogP contribution in [0.4, 0.5) is 0 Å². The average Bonchev–Trinajstić information content (AvgIpc) is 3.43. The first-order chi connectivity index (χ1) is 17.4. The molecular weight excluding hydrogens is 450 g/mol. The number of carbonyl (C=O) groups is 1. The maximum absolute atomic E-state index is 12.2.